The molecule has 12 heavy (non-hydrogen) atoms. The molecule has 1 heterocycles. The molecule has 0 radical (unpaired) electrons. The highest BCUT2D eigenvalue weighted by molar-refractivity contribution is 5.72. The van der Waals surface area contributed by atoms with E-state index >= 15 is 0 Å². The van der Waals surface area contributed by atoms with Gasteiger partial charge in [-0.05, 0) is 17.7 Å². The summed E-state index contributed by atoms with van der Waals surface area (Å²) in [5.41, 5.74) is 1.88. The van der Waals surface area contributed by atoms with E-state index < -0.39 is 5.76 Å². The molecule has 0 aliphatic rings. The van der Waals surface area contributed by atoms with Gasteiger partial charge in [-0.15, -0.1) is 0 Å². The quantitative estimate of drug-likeness (QED) is 0.650. The lowest BCUT2D eigenvalue weighted by Gasteiger charge is -1.92. The van der Waals surface area contributed by atoms with Gasteiger partial charge in [-0.25, -0.2) is 4.79 Å². The fraction of sp³-hybridized carbons (Fsp3) is 0.125. The fourth-order valence-corrected chi connectivity index (χ4v) is 1.10. The highest BCUT2D eigenvalue weighted by Gasteiger charge is 2.00. The van der Waals surface area contributed by atoms with Gasteiger partial charge in [-0.1, -0.05) is 6.07 Å². The van der Waals surface area contributed by atoms with Crippen molar-refractivity contribution in [2.45, 2.75) is 6.61 Å². The van der Waals surface area contributed by atoms with Gasteiger partial charge >= 0.3 is 5.76 Å². The topological polar surface area (TPSA) is 66.2 Å². The number of H-pyrrole nitrogens is 1. The van der Waals surface area contributed by atoms with Gasteiger partial charge < -0.3 is 9.52 Å². The molecule has 62 valence electrons. The zero-order valence-electron chi connectivity index (χ0n) is 6.20. The summed E-state index contributed by atoms with van der Waals surface area (Å²) >= 11 is 0. The molecule has 0 unspecified atom stereocenters. The minimum atomic E-state index is -0.472. The lowest BCUT2D eigenvalue weighted by molar-refractivity contribution is 0.282. The molecule has 0 aliphatic heterocycles. The predicted octanol–water partition coefficient (Wildman–Crippen LogP) is 0.613. The van der Waals surface area contributed by atoms with Crippen LogP contribution in [0.2, 0.25) is 0 Å². The molecular weight excluding hydrogens is 158 g/mol. The van der Waals surface area contributed by atoms with Crippen LogP contribution in [0.5, 0.6) is 0 Å². The van der Waals surface area contributed by atoms with Gasteiger partial charge in [0.1, 0.15) is 0 Å². The maximum Gasteiger partial charge on any atom is 0.417 e. The average molecular weight is 165 g/mol. The molecule has 1 aromatic carbocycles. The van der Waals surface area contributed by atoms with Gasteiger partial charge in [0.25, 0.3) is 0 Å². The number of hydrogen-bond donors (Lipinski definition) is 2. The summed E-state index contributed by atoms with van der Waals surface area (Å²) < 4.78 is 4.77. The molecule has 0 spiro atoms. The zero-order valence-corrected chi connectivity index (χ0v) is 6.20. The molecule has 1 aromatic heterocycles. The fourth-order valence-electron chi connectivity index (χ4n) is 1.10. The smallest absolute Gasteiger partial charge is 0.408 e. The highest BCUT2D eigenvalue weighted by atomic mass is 16.4. The van der Waals surface area contributed by atoms with Crippen LogP contribution in [0.25, 0.3) is 11.1 Å². The minimum Gasteiger partial charge on any atom is -0.408 e. The van der Waals surface area contributed by atoms with Crippen molar-refractivity contribution in [1.29, 1.82) is 0 Å². The van der Waals surface area contributed by atoms with Crippen molar-refractivity contribution in [3.63, 3.8) is 0 Å². The molecule has 0 saturated heterocycles. The number of aliphatic hydroxyl groups is 1. The third-order valence-corrected chi connectivity index (χ3v) is 1.67. The van der Waals surface area contributed by atoms with Crippen molar-refractivity contribution in [2.75, 3.05) is 0 Å². The molecule has 0 fully saturated rings. The van der Waals surface area contributed by atoms with Crippen LogP contribution in [0.1, 0.15) is 5.56 Å². The van der Waals surface area contributed by atoms with Gasteiger partial charge in [-0.3, -0.25) is 4.98 Å². The normalized spacial score (nSPS) is 10.8. The summed E-state index contributed by atoms with van der Waals surface area (Å²) in [6, 6.07) is 5.04. The summed E-state index contributed by atoms with van der Waals surface area (Å²) in [6.07, 6.45) is 0. The lowest BCUT2D eigenvalue weighted by atomic mass is 10.2. The van der Waals surface area contributed by atoms with E-state index in [1.54, 1.807) is 18.2 Å². The van der Waals surface area contributed by atoms with E-state index in [1.165, 1.54) is 0 Å². The van der Waals surface area contributed by atoms with Crippen molar-refractivity contribution in [3.05, 3.63) is 34.3 Å². The summed E-state index contributed by atoms with van der Waals surface area (Å²) in [7, 11) is 0. The number of benzene rings is 1. The Morgan fingerprint density at radius 3 is 3.08 bits per heavy atom. The summed E-state index contributed by atoms with van der Waals surface area (Å²) in [6.45, 7) is -0.0385. The second-order valence-electron chi connectivity index (χ2n) is 2.50. The Morgan fingerprint density at radius 1 is 1.50 bits per heavy atom. The second-order valence-corrected chi connectivity index (χ2v) is 2.50. The van der Waals surface area contributed by atoms with Crippen molar-refractivity contribution < 1.29 is 9.52 Å². The molecule has 0 saturated carbocycles. The standard InChI is InChI=1S/C8H7NO3/c10-4-5-1-2-7-6(3-5)9-8(11)12-7/h1-3,10H,4H2,(H,9,11). The molecular formula is C8H7NO3. The second kappa shape index (κ2) is 2.49. The van der Waals surface area contributed by atoms with Crippen LogP contribution in [0.4, 0.5) is 0 Å². The Hall–Kier alpha value is -1.55. The maximum absolute atomic E-state index is 10.7. The average Bonchev–Trinajstić information content (AvgIpc) is 2.43. The Bertz CT molecular complexity index is 455. The van der Waals surface area contributed by atoms with Crippen LogP contribution in [-0.2, 0) is 6.61 Å². The van der Waals surface area contributed by atoms with E-state index in [2.05, 4.69) is 4.98 Å². The number of oxazole rings is 1. The van der Waals surface area contributed by atoms with Crippen LogP contribution >= 0.6 is 0 Å². The first-order valence-electron chi connectivity index (χ1n) is 3.52. The first kappa shape index (κ1) is 7.12. The van der Waals surface area contributed by atoms with Crippen LogP contribution in [0.3, 0.4) is 0 Å². The molecule has 0 aliphatic carbocycles. The summed E-state index contributed by atoms with van der Waals surface area (Å²) in [5.74, 6) is -0.472. The number of nitrogens with one attached hydrogen (secondary N) is 1. The number of rotatable bonds is 1. The Balaban J connectivity index is 2.74. The largest absolute Gasteiger partial charge is 0.417 e. The zero-order chi connectivity index (χ0) is 8.55. The van der Waals surface area contributed by atoms with Crippen LogP contribution < -0.4 is 5.76 Å². The summed E-state index contributed by atoms with van der Waals surface area (Å²) in [4.78, 5) is 13.2. The molecule has 4 nitrogen and oxygen atoms in total. The molecule has 0 amide bonds. The van der Waals surface area contributed by atoms with E-state index in [0.29, 0.717) is 11.1 Å². The van der Waals surface area contributed by atoms with E-state index in [9.17, 15) is 4.79 Å². The molecule has 0 bridgehead atoms. The third-order valence-electron chi connectivity index (χ3n) is 1.67. The van der Waals surface area contributed by atoms with E-state index in [-0.39, 0.29) is 6.61 Å². The summed E-state index contributed by atoms with van der Waals surface area (Å²) in [5, 5.41) is 8.78. The van der Waals surface area contributed by atoms with Crippen molar-refractivity contribution in [3.8, 4) is 0 Å². The number of aromatic amines is 1. The van der Waals surface area contributed by atoms with E-state index in [0.717, 1.165) is 5.56 Å². The molecule has 2 rings (SSSR count). The Morgan fingerprint density at radius 2 is 2.33 bits per heavy atom. The van der Waals surface area contributed by atoms with Gasteiger partial charge in [0.05, 0.1) is 12.1 Å². The van der Waals surface area contributed by atoms with Crippen LogP contribution in [0.15, 0.2) is 27.4 Å². The Labute approximate surface area is 67.4 Å². The minimum absolute atomic E-state index is 0.0385. The number of aromatic nitrogens is 1. The molecule has 4 heteroatoms. The van der Waals surface area contributed by atoms with Gasteiger partial charge in [0.2, 0.25) is 0 Å². The third kappa shape index (κ3) is 1.02. The molecule has 0 atom stereocenters. The monoisotopic (exact) mass is 165 g/mol. The van der Waals surface area contributed by atoms with Gasteiger partial charge in [0, 0.05) is 0 Å². The van der Waals surface area contributed by atoms with E-state index in [4.69, 9.17) is 9.52 Å². The molecule has 2 N–H and O–H groups in total. The van der Waals surface area contributed by atoms with E-state index in [1.807, 2.05) is 0 Å². The maximum atomic E-state index is 10.7. The first-order chi connectivity index (χ1) is 5.79. The lowest BCUT2D eigenvalue weighted by Crippen LogP contribution is -1.93. The van der Waals surface area contributed by atoms with Gasteiger partial charge in [0.15, 0.2) is 5.58 Å². The number of aliphatic hydroxyl groups excluding tert-OH is 1. The highest BCUT2D eigenvalue weighted by Crippen LogP contribution is 2.11. The van der Waals surface area contributed by atoms with Crippen LogP contribution in [-0.4, -0.2) is 10.1 Å². The Kier molecular flexibility index (Phi) is 1.48. The van der Waals surface area contributed by atoms with Crippen molar-refractivity contribution >= 4 is 11.1 Å². The van der Waals surface area contributed by atoms with Crippen molar-refractivity contribution in [2.24, 2.45) is 0 Å². The van der Waals surface area contributed by atoms with Gasteiger partial charge in [-0.2, -0.15) is 0 Å². The molecule has 2 aromatic rings. The first-order valence-corrected chi connectivity index (χ1v) is 3.52. The van der Waals surface area contributed by atoms with Crippen LogP contribution in [0, 0.1) is 0 Å². The predicted molar refractivity (Wildman–Crippen MR) is 42.8 cm³/mol. The van der Waals surface area contributed by atoms with Crippen molar-refractivity contribution in [1.82, 2.24) is 4.98 Å². The number of fused-ring (bicyclic) bond motifs is 1. The SMILES string of the molecule is O=c1[nH]c2cc(CO)ccc2o1. The number of hydrogen-bond acceptors (Lipinski definition) is 3.